The van der Waals surface area contributed by atoms with Crippen molar-refractivity contribution in [2.45, 2.75) is 19.4 Å². The molecular formula is C9H12FN3O. The maximum absolute atomic E-state index is 12.7. The molecule has 0 bridgehead atoms. The van der Waals surface area contributed by atoms with Gasteiger partial charge in [-0.25, -0.2) is 4.98 Å². The summed E-state index contributed by atoms with van der Waals surface area (Å²) in [5.74, 6) is -1.11. The van der Waals surface area contributed by atoms with Gasteiger partial charge in [0.2, 0.25) is 11.9 Å². The molecule has 0 aliphatic rings. The van der Waals surface area contributed by atoms with Crippen molar-refractivity contribution in [2.24, 2.45) is 5.73 Å². The molecule has 0 unspecified atom stereocenters. The Kier molecular flexibility index (Phi) is 2.69. The lowest BCUT2D eigenvalue weighted by Crippen LogP contribution is -2.45. The zero-order chi connectivity index (χ0) is 10.8. The van der Waals surface area contributed by atoms with Gasteiger partial charge in [-0.2, -0.15) is 4.39 Å². The van der Waals surface area contributed by atoms with E-state index in [-0.39, 0.29) is 0 Å². The molecule has 1 rings (SSSR count). The number of primary amides is 1. The van der Waals surface area contributed by atoms with Crippen LogP contribution in [0.4, 0.5) is 10.1 Å². The molecule has 1 amide bonds. The van der Waals surface area contributed by atoms with Gasteiger partial charge < -0.3 is 11.1 Å². The number of anilines is 1. The summed E-state index contributed by atoms with van der Waals surface area (Å²) in [5.41, 5.74) is 4.71. The number of carbonyl (C=O) groups is 1. The third-order valence-electron chi connectivity index (χ3n) is 1.80. The lowest BCUT2D eigenvalue weighted by atomic mass is 10.0. The maximum atomic E-state index is 12.7. The first-order valence-corrected chi connectivity index (χ1v) is 4.11. The molecule has 4 nitrogen and oxygen atoms in total. The molecule has 0 aliphatic heterocycles. The Morgan fingerprint density at radius 1 is 1.64 bits per heavy atom. The van der Waals surface area contributed by atoms with Crippen molar-refractivity contribution in [3.63, 3.8) is 0 Å². The van der Waals surface area contributed by atoms with Gasteiger partial charge in [0.15, 0.2) is 0 Å². The average Bonchev–Trinajstić information content (AvgIpc) is 2.02. The first-order valence-electron chi connectivity index (χ1n) is 4.11. The van der Waals surface area contributed by atoms with Crippen LogP contribution in [-0.4, -0.2) is 16.4 Å². The lowest BCUT2D eigenvalue weighted by molar-refractivity contribution is -0.121. The van der Waals surface area contributed by atoms with Gasteiger partial charge >= 0.3 is 0 Å². The molecule has 0 radical (unpaired) electrons. The largest absolute Gasteiger partial charge is 0.371 e. The number of hydrogen-bond acceptors (Lipinski definition) is 3. The molecule has 14 heavy (non-hydrogen) atoms. The zero-order valence-electron chi connectivity index (χ0n) is 8.04. The van der Waals surface area contributed by atoms with Crippen LogP contribution in [-0.2, 0) is 4.79 Å². The van der Waals surface area contributed by atoms with Gasteiger partial charge in [-0.3, -0.25) is 4.79 Å². The fourth-order valence-electron chi connectivity index (χ4n) is 0.903. The molecule has 1 aromatic rings. The van der Waals surface area contributed by atoms with Gasteiger partial charge in [0.05, 0.1) is 0 Å². The van der Waals surface area contributed by atoms with Crippen molar-refractivity contribution in [2.75, 3.05) is 5.32 Å². The number of amides is 1. The van der Waals surface area contributed by atoms with Crippen molar-refractivity contribution < 1.29 is 9.18 Å². The van der Waals surface area contributed by atoms with E-state index in [9.17, 15) is 9.18 Å². The fraction of sp³-hybridized carbons (Fsp3) is 0.333. The van der Waals surface area contributed by atoms with Gasteiger partial charge in [-0.1, -0.05) is 0 Å². The third kappa shape index (κ3) is 2.42. The van der Waals surface area contributed by atoms with Crippen molar-refractivity contribution >= 4 is 11.6 Å². The molecule has 0 spiro atoms. The molecule has 0 atom stereocenters. The van der Waals surface area contributed by atoms with Gasteiger partial charge in [0.25, 0.3) is 0 Å². The predicted molar refractivity (Wildman–Crippen MR) is 51.1 cm³/mol. The van der Waals surface area contributed by atoms with Gasteiger partial charge in [0.1, 0.15) is 5.54 Å². The SMILES string of the molecule is CC(C)(Nc1ccnc(F)c1)C(N)=O. The number of nitrogens with zero attached hydrogens (tertiary/aromatic N) is 1. The normalized spacial score (nSPS) is 11.1. The monoisotopic (exact) mass is 197 g/mol. The highest BCUT2D eigenvalue weighted by Crippen LogP contribution is 2.14. The van der Waals surface area contributed by atoms with Crippen LogP contribution in [0.1, 0.15) is 13.8 Å². The standard InChI is InChI=1S/C9H12FN3O/c1-9(2,8(11)14)13-6-3-4-12-7(10)5-6/h3-5H,1-2H3,(H2,11,14)(H,12,13). The van der Waals surface area contributed by atoms with E-state index in [0.717, 1.165) is 0 Å². The molecule has 76 valence electrons. The van der Waals surface area contributed by atoms with E-state index in [4.69, 9.17) is 5.73 Å². The number of pyridine rings is 1. The first kappa shape index (κ1) is 10.4. The van der Waals surface area contributed by atoms with E-state index in [1.807, 2.05) is 0 Å². The summed E-state index contributed by atoms with van der Waals surface area (Å²) in [6.07, 6.45) is 1.31. The summed E-state index contributed by atoms with van der Waals surface area (Å²) >= 11 is 0. The maximum Gasteiger partial charge on any atom is 0.242 e. The lowest BCUT2D eigenvalue weighted by Gasteiger charge is -2.23. The predicted octanol–water partition coefficient (Wildman–Crippen LogP) is 0.897. The van der Waals surface area contributed by atoms with Crippen LogP contribution in [0.3, 0.4) is 0 Å². The highest BCUT2D eigenvalue weighted by molar-refractivity contribution is 5.86. The third-order valence-corrected chi connectivity index (χ3v) is 1.80. The minimum Gasteiger partial charge on any atom is -0.371 e. The van der Waals surface area contributed by atoms with Gasteiger partial charge in [-0.05, 0) is 19.9 Å². The highest BCUT2D eigenvalue weighted by atomic mass is 19.1. The van der Waals surface area contributed by atoms with Crippen molar-refractivity contribution in [3.05, 3.63) is 24.3 Å². The number of nitrogens with two attached hydrogens (primary N) is 1. The van der Waals surface area contributed by atoms with Crippen LogP contribution in [0.25, 0.3) is 0 Å². The number of hydrogen-bond donors (Lipinski definition) is 2. The minimum atomic E-state index is -0.909. The van der Waals surface area contributed by atoms with E-state index in [1.54, 1.807) is 19.9 Å². The Bertz CT molecular complexity index is 352. The van der Waals surface area contributed by atoms with E-state index in [0.29, 0.717) is 5.69 Å². The minimum absolute atomic E-state index is 0.473. The van der Waals surface area contributed by atoms with Crippen LogP contribution < -0.4 is 11.1 Å². The van der Waals surface area contributed by atoms with Gasteiger partial charge in [0, 0.05) is 18.0 Å². The van der Waals surface area contributed by atoms with E-state index in [2.05, 4.69) is 10.3 Å². The second kappa shape index (κ2) is 3.61. The second-order valence-corrected chi connectivity index (χ2v) is 3.48. The van der Waals surface area contributed by atoms with Crippen LogP contribution in [0.15, 0.2) is 18.3 Å². The first-order chi connectivity index (χ1) is 6.42. The Morgan fingerprint density at radius 2 is 2.29 bits per heavy atom. The fourth-order valence-corrected chi connectivity index (χ4v) is 0.903. The Labute approximate surface area is 81.3 Å². The summed E-state index contributed by atoms with van der Waals surface area (Å²) in [5, 5.41) is 2.80. The van der Waals surface area contributed by atoms with E-state index in [1.165, 1.54) is 12.3 Å². The second-order valence-electron chi connectivity index (χ2n) is 3.48. The Hall–Kier alpha value is -1.65. The number of carbonyl (C=O) groups excluding carboxylic acids is 1. The summed E-state index contributed by atoms with van der Waals surface area (Å²) in [6.45, 7) is 3.24. The summed E-state index contributed by atoms with van der Waals surface area (Å²) in [6, 6.07) is 2.76. The van der Waals surface area contributed by atoms with Crippen molar-refractivity contribution in [1.82, 2.24) is 4.98 Å². The highest BCUT2D eigenvalue weighted by Gasteiger charge is 2.24. The molecule has 1 heterocycles. The Morgan fingerprint density at radius 3 is 2.79 bits per heavy atom. The summed E-state index contributed by atoms with van der Waals surface area (Å²) in [4.78, 5) is 14.4. The average molecular weight is 197 g/mol. The number of rotatable bonds is 3. The van der Waals surface area contributed by atoms with Crippen LogP contribution in [0.5, 0.6) is 0 Å². The van der Waals surface area contributed by atoms with Crippen LogP contribution in [0, 0.1) is 5.95 Å². The molecule has 0 aliphatic carbocycles. The van der Waals surface area contributed by atoms with Crippen LogP contribution >= 0.6 is 0 Å². The molecule has 0 fully saturated rings. The number of halogens is 1. The van der Waals surface area contributed by atoms with Crippen LogP contribution in [0.2, 0.25) is 0 Å². The van der Waals surface area contributed by atoms with E-state index < -0.39 is 17.4 Å². The molecular weight excluding hydrogens is 185 g/mol. The molecule has 0 aromatic carbocycles. The van der Waals surface area contributed by atoms with Gasteiger partial charge in [-0.15, -0.1) is 0 Å². The number of aromatic nitrogens is 1. The molecule has 1 aromatic heterocycles. The molecule has 0 saturated carbocycles. The van der Waals surface area contributed by atoms with Crippen molar-refractivity contribution in [1.29, 1.82) is 0 Å². The summed E-state index contributed by atoms with van der Waals surface area (Å²) < 4.78 is 12.7. The zero-order valence-corrected chi connectivity index (χ0v) is 8.04. The smallest absolute Gasteiger partial charge is 0.242 e. The quantitative estimate of drug-likeness (QED) is 0.707. The molecule has 0 saturated heterocycles. The Balaban J connectivity index is 2.83. The summed E-state index contributed by atoms with van der Waals surface area (Å²) in [7, 11) is 0. The number of nitrogens with one attached hydrogen (secondary N) is 1. The topological polar surface area (TPSA) is 68.0 Å². The molecule has 5 heteroatoms. The van der Waals surface area contributed by atoms with Crippen molar-refractivity contribution in [3.8, 4) is 0 Å². The molecule has 3 N–H and O–H groups in total. The van der Waals surface area contributed by atoms with E-state index >= 15 is 0 Å².